The largest absolute Gasteiger partial charge is 0.463 e. The van der Waals surface area contributed by atoms with Gasteiger partial charge in [0, 0.05) is 5.92 Å². The number of nitriles is 1. The maximum atomic E-state index is 9.30. The van der Waals surface area contributed by atoms with Crippen LogP contribution in [0.15, 0.2) is 22.8 Å². The summed E-state index contributed by atoms with van der Waals surface area (Å²) in [5.74, 6) is 1.11. The van der Waals surface area contributed by atoms with Gasteiger partial charge in [-0.05, 0) is 25.0 Å². The predicted molar refractivity (Wildman–Crippen MR) is 62.2 cm³/mol. The molecule has 4 heteroatoms. The fourth-order valence-electron chi connectivity index (χ4n) is 2.57. The minimum Gasteiger partial charge on any atom is -0.463 e. The predicted octanol–water partition coefficient (Wildman–Crippen LogP) is 3.20. The highest BCUT2D eigenvalue weighted by molar-refractivity contribution is 5.63. The summed E-state index contributed by atoms with van der Waals surface area (Å²) in [6.07, 6.45) is 6.37. The zero-order valence-corrected chi connectivity index (χ0v) is 9.44. The molecule has 17 heavy (non-hydrogen) atoms. The number of rotatable bonds is 2. The van der Waals surface area contributed by atoms with Crippen molar-refractivity contribution in [2.24, 2.45) is 0 Å². The van der Waals surface area contributed by atoms with Gasteiger partial charge in [0.2, 0.25) is 0 Å². The Hall–Kier alpha value is -2.02. The molecular formula is C13H13N3O. The Morgan fingerprint density at radius 1 is 1.41 bits per heavy atom. The molecule has 0 aliphatic heterocycles. The van der Waals surface area contributed by atoms with Crippen molar-refractivity contribution in [2.45, 2.75) is 31.6 Å². The minimum absolute atomic E-state index is 0.459. The first-order valence-corrected chi connectivity index (χ1v) is 5.92. The van der Waals surface area contributed by atoms with E-state index in [0.717, 1.165) is 18.5 Å². The van der Waals surface area contributed by atoms with Gasteiger partial charge in [-0.2, -0.15) is 10.4 Å². The summed E-state index contributed by atoms with van der Waals surface area (Å²) in [6, 6.07) is 5.89. The van der Waals surface area contributed by atoms with Crippen molar-refractivity contribution in [1.29, 1.82) is 5.26 Å². The third-order valence-electron chi connectivity index (χ3n) is 3.42. The second kappa shape index (κ2) is 4.10. The molecule has 0 amide bonds. The van der Waals surface area contributed by atoms with Crippen molar-refractivity contribution in [3.8, 4) is 17.5 Å². The molecule has 1 aliphatic rings. The molecule has 1 aliphatic carbocycles. The number of nitrogens with one attached hydrogen (secondary N) is 1. The van der Waals surface area contributed by atoms with E-state index in [9.17, 15) is 5.26 Å². The van der Waals surface area contributed by atoms with Crippen LogP contribution in [0, 0.1) is 11.3 Å². The summed E-state index contributed by atoms with van der Waals surface area (Å²) in [6.45, 7) is 0. The maximum Gasteiger partial charge on any atom is 0.155 e. The van der Waals surface area contributed by atoms with E-state index < -0.39 is 0 Å². The van der Waals surface area contributed by atoms with Gasteiger partial charge in [-0.3, -0.25) is 5.10 Å². The molecular weight excluding hydrogens is 214 g/mol. The van der Waals surface area contributed by atoms with Gasteiger partial charge in [0.25, 0.3) is 0 Å². The van der Waals surface area contributed by atoms with Gasteiger partial charge >= 0.3 is 0 Å². The van der Waals surface area contributed by atoms with Crippen LogP contribution in [0.5, 0.6) is 0 Å². The Kier molecular flexibility index (Phi) is 2.45. The molecule has 1 saturated carbocycles. The normalized spacial score (nSPS) is 16.2. The molecule has 0 radical (unpaired) electrons. The van der Waals surface area contributed by atoms with Crippen molar-refractivity contribution >= 4 is 0 Å². The quantitative estimate of drug-likeness (QED) is 0.856. The SMILES string of the molecule is N#Cc1c(-c2ccco2)n[nH]c1C1CCCC1. The fourth-order valence-corrected chi connectivity index (χ4v) is 2.57. The molecule has 0 saturated heterocycles. The lowest BCUT2D eigenvalue weighted by molar-refractivity contribution is 0.579. The molecule has 86 valence electrons. The number of furan rings is 1. The number of H-pyrrole nitrogens is 1. The van der Waals surface area contributed by atoms with Crippen molar-refractivity contribution in [1.82, 2.24) is 10.2 Å². The Labute approximate surface area is 99.3 Å². The minimum atomic E-state index is 0.459. The molecule has 2 heterocycles. The van der Waals surface area contributed by atoms with E-state index in [-0.39, 0.29) is 0 Å². The molecule has 0 unspecified atom stereocenters. The Bertz CT molecular complexity index is 542. The van der Waals surface area contributed by atoms with E-state index >= 15 is 0 Å². The van der Waals surface area contributed by atoms with Gasteiger partial charge < -0.3 is 4.42 Å². The van der Waals surface area contributed by atoms with Crippen molar-refractivity contribution in [2.75, 3.05) is 0 Å². The monoisotopic (exact) mass is 227 g/mol. The fraction of sp³-hybridized carbons (Fsp3) is 0.385. The Balaban J connectivity index is 2.04. The molecule has 0 aromatic carbocycles. The number of aromatic nitrogens is 2. The highest BCUT2D eigenvalue weighted by atomic mass is 16.3. The summed E-state index contributed by atoms with van der Waals surface area (Å²) in [4.78, 5) is 0. The smallest absolute Gasteiger partial charge is 0.155 e. The summed E-state index contributed by atoms with van der Waals surface area (Å²) < 4.78 is 5.30. The Morgan fingerprint density at radius 2 is 2.24 bits per heavy atom. The molecule has 3 rings (SSSR count). The highest BCUT2D eigenvalue weighted by Gasteiger charge is 2.25. The second-order valence-corrected chi connectivity index (χ2v) is 4.43. The van der Waals surface area contributed by atoms with Crippen LogP contribution in [0.4, 0.5) is 0 Å². The molecule has 1 fully saturated rings. The molecule has 1 N–H and O–H groups in total. The summed E-state index contributed by atoms with van der Waals surface area (Å²) in [5.41, 5.74) is 2.27. The van der Waals surface area contributed by atoms with Crippen molar-refractivity contribution < 1.29 is 4.42 Å². The molecule has 0 bridgehead atoms. The number of hydrogen-bond donors (Lipinski definition) is 1. The highest BCUT2D eigenvalue weighted by Crippen LogP contribution is 2.37. The van der Waals surface area contributed by atoms with Crippen LogP contribution >= 0.6 is 0 Å². The van der Waals surface area contributed by atoms with E-state index in [1.54, 1.807) is 12.3 Å². The topological polar surface area (TPSA) is 65.6 Å². The average molecular weight is 227 g/mol. The first-order chi connectivity index (χ1) is 8.40. The van der Waals surface area contributed by atoms with Gasteiger partial charge in [-0.15, -0.1) is 0 Å². The Morgan fingerprint density at radius 3 is 2.88 bits per heavy atom. The lowest BCUT2D eigenvalue weighted by Gasteiger charge is -2.05. The first-order valence-electron chi connectivity index (χ1n) is 5.92. The number of nitrogens with zero attached hydrogens (tertiary/aromatic N) is 2. The van der Waals surface area contributed by atoms with Crippen LogP contribution in [-0.2, 0) is 0 Å². The van der Waals surface area contributed by atoms with Crippen molar-refractivity contribution in [3.63, 3.8) is 0 Å². The van der Waals surface area contributed by atoms with Gasteiger partial charge in [-0.1, -0.05) is 12.8 Å². The number of aromatic amines is 1. The van der Waals surface area contributed by atoms with E-state index in [1.165, 1.54) is 12.8 Å². The summed E-state index contributed by atoms with van der Waals surface area (Å²) in [5, 5.41) is 16.6. The zero-order valence-electron chi connectivity index (χ0n) is 9.44. The van der Waals surface area contributed by atoms with E-state index in [0.29, 0.717) is 22.9 Å². The van der Waals surface area contributed by atoms with Gasteiger partial charge in [0.1, 0.15) is 17.3 Å². The van der Waals surface area contributed by atoms with Gasteiger partial charge in [-0.25, -0.2) is 0 Å². The van der Waals surface area contributed by atoms with Crippen LogP contribution in [0.25, 0.3) is 11.5 Å². The molecule has 0 spiro atoms. The summed E-state index contributed by atoms with van der Waals surface area (Å²) in [7, 11) is 0. The molecule has 0 atom stereocenters. The lowest BCUT2D eigenvalue weighted by Crippen LogP contribution is -1.95. The standard InChI is InChI=1S/C13H13N3O/c14-8-10-12(9-4-1-2-5-9)15-16-13(10)11-6-3-7-17-11/h3,6-7,9H,1-2,4-5H2,(H,15,16). The average Bonchev–Trinajstić information content (AvgIpc) is 3.09. The third kappa shape index (κ3) is 1.64. The van der Waals surface area contributed by atoms with Crippen LogP contribution in [0.1, 0.15) is 42.9 Å². The third-order valence-corrected chi connectivity index (χ3v) is 3.42. The van der Waals surface area contributed by atoms with E-state index in [4.69, 9.17) is 4.42 Å². The second-order valence-electron chi connectivity index (χ2n) is 4.43. The number of hydrogen-bond acceptors (Lipinski definition) is 3. The molecule has 2 aromatic heterocycles. The first kappa shape index (κ1) is 10.2. The van der Waals surface area contributed by atoms with Gasteiger partial charge in [0.15, 0.2) is 5.76 Å². The van der Waals surface area contributed by atoms with Crippen LogP contribution in [0.3, 0.4) is 0 Å². The lowest BCUT2D eigenvalue weighted by atomic mass is 9.99. The van der Waals surface area contributed by atoms with E-state index in [1.807, 2.05) is 6.07 Å². The van der Waals surface area contributed by atoms with Crippen LogP contribution < -0.4 is 0 Å². The van der Waals surface area contributed by atoms with Crippen LogP contribution in [0.2, 0.25) is 0 Å². The van der Waals surface area contributed by atoms with E-state index in [2.05, 4.69) is 16.3 Å². The molecule has 4 nitrogen and oxygen atoms in total. The molecule has 2 aromatic rings. The van der Waals surface area contributed by atoms with Gasteiger partial charge in [0.05, 0.1) is 12.0 Å². The van der Waals surface area contributed by atoms with Crippen molar-refractivity contribution in [3.05, 3.63) is 29.7 Å². The maximum absolute atomic E-state index is 9.30. The van der Waals surface area contributed by atoms with Crippen LogP contribution in [-0.4, -0.2) is 10.2 Å². The summed E-state index contributed by atoms with van der Waals surface area (Å²) >= 11 is 0. The zero-order chi connectivity index (χ0) is 11.7.